The Bertz CT molecular complexity index is 567. The van der Waals surface area contributed by atoms with E-state index < -0.39 is 0 Å². The Morgan fingerprint density at radius 1 is 1.38 bits per heavy atom. The summed E-state index contributed by atoms with van der Waals surface area (Å²) >= 11 is 3.20. The number of amides is 2. The summed E-state index contributed by atoms with van der Waals surface area (Å²) in [5.41, 5.74) is -0.231. The lowest BCUT2D eigenvalue weighted by molar-refractivity contribution is -0.135. The summed E-state index contributed by atoms with van der Waals surface area (Å²) in [5.74, 6) is -0.511. The molecule has 0 atom stereocenters. The lowest BCUT2D eigenvalue weighted by atomic mass is 10.3. The fourth-order valence-corrected chi connectivity index (χ4v) is 2.07. The number of aromatic amines is 1. The van der Waals surface area contributed by atoms with Crippen molar-refractivity contribution in [3.8, 4) is 0 Å². The van der Waals surface area contributed by atoms with Crippen molar-refractivity contribution in [2.75, 3.05) is 31.5 Å². The van der Waals surface area contributed by atoms with Crippen LogP contribution in [-0.2, 0) is 9.59 Å². The van der Waals surface area contributed by atoms with Crippen LogP contribution in [0.4, 0.5) is 5.69 Å². The van der Waals surface area contributed by atoms with Crippen LogP contribution in [0.5, 0.6) is 0 Å². The summed E-state index contributed by atoms with van der Waals surface area (Å²) in [4.78, 5) is 38.7. The molecule has 0 aliphatic carbocycles. The Hall–Kier alpha value is -1.09. The predicted octanol–water partition coefficient (Wildman–Crippen LogP) is 0.351. The molecule has 2 heterocycles. The van der Waals surface area contributed by atoms with Crippen LogP contribution < -0.4 is 16.2 Å². The van der Waals surface area contributed by atoms with Gasteiger partial charge in [-0.3, -0.25) is 14.4 Å². The summed E-state index contributed by atoms with van der Waals surface area (Å²) in [5, 5.41) is 5.41. The molecule has 0 aromatic carbocycles. The van der Waals surface area contributed by atoms with Crippen molar-refractivity contribution in [3.63, 3.8) is 0 Å². The lowest BCUT2D eigenvalue weighted by Gasteiger charge is -2.26. The van der Waals surface area contributed by atoms with Gasteiger partial charge in [-0.1, -0.05) is 0 Å². The number of rotatable bonds is 3. The number of halogens is 3. The average Bonchev–Trinajstić information content (AvgIpc) is 2.37. The molecule has 0 radical (unpaired) electrons. The molecule has 3 N–H and O–H groups in total. The standard InChI is InChI=1S/C11H13BrN4O3.2ClH/c12-7-3-8(11(19)14-4-7)15-9(17)6-16-2-1-13-5-10(16)18;;/h3-4,13H,1-2,5-6H2,(H,14,19)(H,15,17);2*1H. The fraction of sp³-hybridized carbons (Fsp3) is 0.364. The zero-order valence-corrected chi connectivity index (χ0v) is 14.1. The third-order valence-electron chi connectivity index (χ3n) is 2.66. The number of carbonyl (C=O) groups excluding carboxylic acids is 2. The van der Waals surface area contributed by atoms with E-state index in [-0.39, 0.29) is 61.0 Å². The molecule has 0 unspecified atom stereocenters. The molecule has 1 aliphatic heterocycles. The number of pyridine rings is 1. The van der Waals surface area contributed by atoms with E-state index in [1.54, 1.807) is 0 Å². The third kappa shape index (κ3) is 5.66. The van der Waals surface area contributed by atoms with Crippen molar-refractivity contribution in [2.24, 2.45) is 0 Å². The topological polar surface area (TPSA) is 94.3 Å². The highest BCUT2D eigenvalue weighted by atomic mass is 79.9. The smallest absolute Gasteiger partial charge is 0.271 e. The SMILES string of the molecule is Cl.Cl.O=C(CN1CCNCC1=O)Nc1cc(Br)c[nH]c1=O. The van der Waals surface area contributed by atoms with E-state index in [0.717, 1.165) is 0 Å². The van der Waals surface area contributed by atoms with Crippen LogP contribution in [0.2, 0.25) is 0 Å². The molecule has 0 bridgehead atoms. The lowest BCUT2D eigenvalue weighted by Crippen LogP contribution is -2.50. The maximum absolute atomic E-state index is 11.8. The van der Waals surface area contributed by atoms with Crippen molar-refractivity contribution >= 4 is 58.2 Å². The number of H-pyrrole nitrogens is 1. The van der Waals surface area contributed by atoms with E-state index in [0.29, 0.717) is 17.6 Å². The summed E-state index contributed by atoms with van der Waals surface area (Å²) in [6.07, 6.45) is 1.48. The van der Waals surface area contributed by atoms with Gasteiger partial charge in [0, 0.05) is 23.8 Å². The van der Waals surface area contributed by atoms with E-state index in [2.05, 4.69) is 31.5 Å². The number of hydrogen-bond acceptors (Lipinski definition) is 4. The van der Waals surface area contributed by atoms with E-state index in [9.17, 15) is 14.4 Å². The number of piperazine rings is 1. The second-order valence-corrected chi connectivity index (χ2v) is 5.02. The van der Waals surface area contributed by atoms with Gasteiger partial charge in [-0.25, -0.2) is 0 Å². The number of aromatic nitrogens is 1. The molecule has 10 heteroatoms. The van der Waals surface area contributed by atoms with Crippen LogP contribution in [0, 0.1) is 0 Å². The molecule has 1 aromatic rings. The van der Waals surface area contributed by atoms with Crippen molar-refractivity contribution < 1.29 is 9.59 Å². The number of carbonyl (C=O) groups is 2. The molecule has 1 fully saturated rings. The highest BCUT2D eigenvalue weighted by Gasteiger charge is 2.20. The second kappa shape index (κ2) is 9.04. The number of hydrogen-bond donors (Lipinski definition) is 3. The van der Waals surface area contributed by atoms with Crippen LogP contribution in [-0.4, -0.2) is 47.9 Å². The largest absolute Gasteiger partial charge is 0.331 e. The van der Waals surface area contributed by atoms with Crippen molar-refractivity contribution in [1.82, 2.24) is 15.2 Å². The summed E-state index contributed by atoms with van der Waals surface area (Å²) in [6.45, 7) is 1.34. The van der Waals surface area contributed by atoms with Crippen molar-refractivity contribution in [1.29, 1.82) is 0 Å². The first kappa shape index (κ1) is 19.9. The minimum Gasteiger partial charge on any atom is -0.331 e. The van der Waals surface area contributed by atoms with Gasteiger partial charge in [0.2, 0.25) is 11.8 Å². The summed E-state index contributed by atoms with van der Waals surface area (Å²) < 4.78 is 0.653. The summed E-state index contributed by atoms with van der Waals surface area (Å²) in [7, 11) is 0. The summed E-state index contributed by atoms with van der Waals surface area (Å²) in [6, 6.07) is 1.51. The maximum Gasteiger partial charge on any atom is 0.271 e. The van der Waals surface area contributed by atoms with E-state index in [1.165, 1.54) is 17.2 Å². The molecule has 1 aliphatic rings. The van der Waals surface area contributed by atoms with Gasteiger partial charge in [0.05, 0.1) is 13.1 Å². The van der Waals surface area contributed by atoms with Crippen LogP contribution in [0.15, 0.2) is 21.5 Å². The Labute approximate surface area is 141 Å². The first-order valence-corrected chi connectivity index (χ1v) is 6.52. The number of nitrogens with one attached hydrogen (secondary N) is 3. The maximum atomic E-state index is 11.8. The average molecular weight is 402 g/mol. The molecule has 1 aromatic heterocycles. The van der Waals surface area contributed by atoms with Crippen molar-refractivity contribution in [3.05, 3.63) is 27.1 Å². The minimum absolute atomic E-state index is 0. The molecule has 0 spiro atoms. The van der Waals surface area contributed by atoms with Gasteiger partial charge in [-0.15, -0.1) is 24.8 Å². The highest BCUT2D eigenvalue weighted by molar-refractivity contribution is 9.10. The Morgan fingerprint density at radius 3 is 2.76 bits per heavy atom. The van der Waals surface area contributed by atoms with Gasteiger partial charge in [-0.05, 0) is 22.0 Å². The molecule has 0 saturated carbocycles. The van der Waals surface area contributed by atoms with Gasteiger partial charge in [0.1, 0.15) is 5.69 Å². The normalized spacial score (nSPS) is 14.0. The van der Waals surface area contributed by atoms with Gasteiger partial charge in [-0.2, -0.15) is 0 Å². The zero-order valence-electron chi connectivity index (χ0n) is 10.8. The highest BCUT2D eigenvalue weighted by Crippen LogP contribution is 2.10. The first-order valence-electron chi connectivity index (χ1n) is 5.73. The Balaban J connectivity index is 0.00000200. The molecule has 118 valence electrons. The molecule has 2 amide bonds. The van der Waals surface area contributed by atoms with Crippen LogP contribution >= 0.6 is 40.7 Å². The van der Waals surface area contributed by atoms with E-state index >= 15 is 0 Å². The zero-order chi connectivity index (χ0) is 13.8. The molecule has 21 heavy (non-hydrogen) atoms. The van der Waals surface area contributed by atoms with Crippen LogP contribution in [0.3, 0.4) is 0 Å². The van der Waals surface area contributed by atoms with E-state index in [1.807, 2.05) is 0 Å². The molecule has 2 rings (SSSR count). The molecule has 7 nitrogen and oxygen atoms in total. The van der Waals surface area contributed by atoms with E-state index in [4.69, 9.17) is 0 Å². The first-order chi connectivity index (χ1) is 9.06. The van der Waals surface area contributed by atoms with Crippen LogP contribution in [0.1, 0.15) is 0 Å². The third-order valence-corrected chi connectivity index (χ3v) is 3.12. The van der Waals surface area contributed by atoms with Gasteiger partial charge in [0.25, 0.3) is 5.56 Å². The fourth-order valence-electron chi connectivity index (χ4n) is 1.73. The second-order valence-electron chi connectivity index (χ2n) is 4.10. The Morgan fingerprint density at radius 2 is 2.10 bits per heavy atom. The monoisotopic (exact) mass is 400 g/mol. The van der Waals surface area contributed by atoms with Gasteiger partial charge in [0.15, 0.2) is 0 Å². The molecule has 1 saturated heterocycles. The van der Waals surface area contributed by atoms with Crippen molar-refractivity contribution in [2.45, 2.75) is 0 Å². The quantitative estimate of drug-likeness (QED) is 0.681. The number of anilines is 1. The van der Waals surface area contributed by atoms with Gasteiger partial charge < -0.3 is 20.5 Å². The predicted molar refractivity (Wildman–Crippen MR) is 87.3 cm³/mol. The molecular formula is C11H15BrCl2N4O3. The molecular weight excluding hydrogens is 387 g/mol. The van der Waals surface area contributed by atoms with Gasteiger partial charge >= 0.3 is 0 Å². The Kier molecular flexibility index (Phi) is 8.57. The van der Waals surface area contributed by atoms with Crippen LogP contribution in [0.25, 0.3) is 0 Å². The number of nitrogens with zero attached hydrogens (tertiary/aromatic N) is 1. The minimum atomic E-state index is -0.390.